The molecule has 1 heteroatoms. The van der Waals surface area contributed by atoms with Crippen LogP contribution < -0.4 is 0 Å². The van der Waals surface area contributed by atoms with Crippen molar-refractivity contribution < 1.29 is 4.79 Å². The first kappa shape index (κ1) is 31.7. The molecule has 0 aliphatic heterocycles. The fourth-order valence-electron chi connectivity index (χ4n) is 0.764. The lowest BCUT2D eigenvalue weighted by atomic mass is 10.0. The normalized spacial score (nSPS) is 8.00. The van der Waals surface area contributed by atoms with Crippen LogP contribution in [0.5, 0.6) is 0 Å². The third-order valence-corrected chi connectivity index (χ3v) is 1.65. The number of hydrogen-bond donors (Lipinski definition) is 0. The molecule has 0 bridgehead atoms. The number of hydrogen-bond acceptors (Lipinski definition) is 1. The zero-order valence-electron chi connectivity index (χ0n) is 15.8. The molecule has 0 saturated carbocycles. The van der Waals surface area contributed by atoms with Gasteiger partial charge in [-0.3, -0.25) is 4.79 Å². The topological polar surface area (TPSA) is 17.1 Å². The van der Waals surface area contributed by atoms with Gasteiger partial charge < -0.3 is 0 Å². The Bertz CT molecular complexity index is 280. The first-order valence-corrected chi connectivity index (χ1v) is 7.74. The van der Waals surface area contributed by atoms with Gasteiger partial charge in [0.1, 0.15) is 0 Å². The van der Waals surface area contributed by atoms with Crippen molar-refractivity contribution >= 4 is 5.78 Å². The van der Waals surface area contributed by atoms with Crippen molar-refractivity contribution in [2.75, 3.05) is 0 Å². The maximum Gasteiger partial charge on any atom is 0.159 e. The van der Waals surface area contributed by atoms with Crippen molar-refractivity contribution in [3.8, 4) is 0 Å². The van der Waals surface area contributed by atoms with Gasteiger partial charge in [-0.15, -0.1) is 6.58 Å². The van der Waals surface area contributed by atoms with Crippen LogP contribution in [0.4, 0.5) is 0 Å². The number of carbonyl (C=O) groups is 1. The Labute approximate surface area is 134 Å². The number of rotatable bonds is 5. The highest BCUT2D eigenvalue weighted by atomic mass is 16.1. The summed E-state index contributed by atoms with van der Waals surface area (Å²) in [6.07, 6.45) is 6.83. The van der Waals surface area contributed by atoms with E-state index in [9.17, 15) is 4.79 Å². The van der Waals surface area contributed by atoms with E-state index in [4.69, 9.17) is 0 Å². The van der Waals surface area contributed by atoms with E-state index < -0.39 is 0 Å². The molecule has 21 heavy (non-hydrogen) atoms. The van der Waals surface area contributed by atoms with E-state index in [1.165, 1.54) is 6.08 Å². The fraction of sp³-hybridized carbons (Fsp3) is 0.450. The van der Waals surface area contributed by atoms with Gasteiger partial charge in [-0.1, -0.05) is 79.5 Å². The highest BCUT2D eigenvalue weighted by Gasteiger charge is 2.00. The van der Waals surface area contributed by atoms with E-state index in [2.05, 4.69) is 26.3 Å². The van der Waals surface area contributed by atoms with Crippen LogP contribution in [-0.4, -0.2) is 5.78 Å². The fourth-order valence-corrected chi connectivity index (χ4v) is 0.764. The Morgan fingerprint density at radius 2 is 1.14 bits per heavy atom. The SMILES string of the molecule is C=CC.C=CC(=O)C/C(C=C)=C(\C)C=C.CC.CC.CC. The summed E-state index contributed by atoms with van der Waals surface area (Å²) in [4.78, 5) is 11.0. The molecule has 1 nitrogen and oxygen atoms in total. The van der Waals surface area contributed by atoms with Crippen LogP contribution in [0.3, 0.4) is 0 Å². The van der Waals surface area contributed by atoms with Crippen LogP contribution in [0.25, 0.3) is 0 Å². The number of allylic oxidation sites excluding steroid dienone is 6. The minimum absolute atomic E-state index is 0.00565. The Balaban J connectivity index is -0.0000000795. The second kappa shape index (κ2) is 36.2. The predicted octanol–water partition coefficient (Wildman–Crippen LogP) is 7.09. The molecule has 0 N–H and O–H groups in total. The van der Waals surface area contributed by atoms with Crippen LogP contribution in [0, 0.1) is 0 Å². The molecular weight excluding hydrogens is 256 g/mol. The molecule has 0 radical (unpaired) electrons. The predicted molar refractivity (Wildman–Crippen MR) is 103 cm³/mol. The van der Waals surface area contributed by atoms with Crippen LogP contribution in [-0.2, 0) is 4.79 Å². The largest absolute Gasteiger partial charge is 0.295 e. The zero-order chi connectivity index (χ0) is 18.3. The summed E-state index contributed by atoms with van der Waals surface area (Å²) in [6.45, 7) is 29.8. The van der Waals surface area contributed by atoms with Gasteiger partial charge in [0.05, 0.1) is 0 Å². The Hall–Kier alpha value is -1.63. The Morgan fingerprint density at radius 1 is 0.810 bits per heavy atom. The lowest BCUT2D eigenvalue weighted by Crippen LogP contribution is -1.94. The summed E-state index contributed by atoms with van der Waals surface area (Å²) in [5.41, 5.74) is 1.90. The molecule has 0 saturated heterocycles. The van der Waals surface area contributed by atoms with E-state index in [-0.39, 0.29) is 5.78 Å². The first-order chi connectivity index (χ1) is 10.1. The molecule has 0 atom stereocenters. The molecule has 0 aromatic carbocycles. The highest BCUT2D eigenvalue weighted by molar-refractivity contribution is 5.91. The molecule has 0 aliphatic rings. The van der Waals surface area contributed by atoms with E-state index in [1.807, 2.05) is 55.4 Å². The summed E-state index contributed by atoms with van der Waals surface area (Å²) in [5.74, 6) is 0.00565. The summed E-state index contributed by atoms with van der Waals surface area (Å²) in [6, 6.07) is 0. The van der Waals surface area contributed by atoms with Crippen LogP contribution in [0.15, 0.2) is 61.8 Å². The monoisotopic (exact) mass is 294 g/mol. The highest BCUT2D eigenvalue weighted by Crippen LogP contribution is 2.11. The number of carbonyl (C=O) groups excluding carboxylic acids is 1. The van der Waals surface area contributed by atoms with Crippen molar-refractivity contribution in [3.63, 3.8) is 0 Å². The van der Waals surface area contributed by atoms with Gasteiger partial charge in [0, 0.05) is 6.42 Å². The molecular formula is C20H38O. The maximum atomic E-state index is 11.0. The smallest absolute Gasteiger partial charge is 0.159 e. The van der Waals surface area contributed by atoms with E-state index in [0.717, 1.165) is 11.1 Å². The van der Waals surface area contributed by atoms with Gasteiger partial charge in [0.15, 0.2) is 5.78 Å². The van der Waals surface area contributed by atoms with Gasteiger partial charge in [-0.05, 0) is 31.1 Å². The average molecular weight is 295 g/mol. The Morgan fingerprint density at radius 3 is 1.33 bits per heavy atom. The lowest BCUT2D eigenvalue weighted by molar-refractivity contribution is -0.113. The van der Waals surface area contributed by atoms with Gasteiger partial charge in [-0.2, -0.15) is 0 Å². The molecule has 0 spiro atoms. The van der Waals surface area contributed by atoms with Gasteiger partial charge in [0.2, 0.25) is 0 Å². The average Bonchev–Trinajstić information content (AvgIpc) is 2.57. The van der Waals surface area contributed by atoms with Gasteiger partial charge >= 0.3 is 0 Å². The van der Waals surface area contributed by atoms with Crippen molar-refractivity contribution in [3.05, 3.63) is 61.8 Å². The minimum Gasteiger partial charge on any atom is -0.295 e. The molecule has 0 fully saturated rings. The molecule has 0 heterocycles. The molecule has 0 amide bonds. The Kier molecular flexibility index (Phi) is 54.6. The summed E-state index contributed by atoms with van der Waals surface area (Å²) >= 11 is 0. The van der Waals surface area contributed by atoms with Crippen LogP contribution in [0.1, 0.15) is 61.8 Å². The molecule has 124 valence electrons. The minimum atomic E-state index is 0.00565. The van der Waals surface area contributed by atoms with Crippen LogP contribution >= 0.6 is 0 Å². The lowest BCUT2D eigenvalue weighted by Gasteiger charge is -2.01. The van der Waals surface area contributed by atoms with Crippen molar-refractivity contribution in [2.24, 2.45) is 0 Å². The third kappa shape index (κ3) is 32.2. The maximum absolute atomic E-state index is 11.0. The van der Waals surface area contributed by atoms with E-state index in [1.54, 1.807) is 18.2 Å². The third-order valence-electron chi connectivity index (χ3n) is 1.65. The summed E-state index contributed by atoms with van der Waals surface area (Å²) in [7, 11) is 0. The standard InChI is InChI=1S/C11H14O.C3H6.3C2H6/c1-5-9(4)10(6-2)8-11(12)7-3;1-3-2;3*1-2/h5-7H,1-3,8H2,4H3;3H,1H2,2H3;3*1-2H3/b10-9+;;;;. The first-order valence-electron chi connectivity index (χ1n) is 7.74. The van der Waals surface area contributed by atoms with Gasteiger partial charge in [-0.25, -0.2) is 0 Å². The van der Waals surface area contributed by atoms with E-state index in [0.29, 0.717) is 6.42 Å². The molecule has 0 unspecified atom stereocenters. The van der Waals surface area contributed by atoms with Crippen molar-refractivity contribution in [2.45, 2.75) is 61.8 Å². The zero-order valence-corrected chi connectivity index (χ0v) is 15.8. The molecule has 0 aromatic heterocycles. The second-order valence-corrected chi connectivity index (χ2v) is 2.87. The quantitative estimate of drug-likeness (QED) is 0.300. The van der Waals surface area contributed by atoms with Crippen LogP contribution in [0.2, 0.25) is 0 Å². The van der Waals surface area contributed by atoms with E-state index >= 15 is 0 Å². The molecule has 0 aliphatic carbocycles. The van der Waals surface area contributed by atoms with Crippen molar-refractivity contribution in [1.29, 1.82) is 0 Å². The molecule has 0 aromatic rings. The summed E-state index contributed by atoms with van der Waals surface area (Å²) < 4.78 is 0. The summed E-state index contributed by atoms with van der Waals surface area (Å²) in [5, 5.41) is 0. The van der Waals surface area contributed by atoms with Crippen molar-refractivity contribution in [1.82, 2.24) is 0 Å². The molecule has 0 rings (SSSR count). The van der Waals surface area contributed by atoms with Gasteiger partial charge in [0.25, 0.3) is 0 Å². The number of ketones is 1. The second-order valence-electron chi connectivity index (χ2n) is 2.87.